The molecule has 0 spiro atoms. The van der Waals surface area contributed by atoms with Gasteiger partial charge < -0.3 is 10.1 Å². The third-order valence-corrected chi connectivity index (χ3v) is 5.55. The zero-order valence-corrected chi connectivity index (χ0v) is 17.5. The number of hydrogen-bond donors (Lipinski definition) is 1. The van der Waals surface area contributed by atoms with Gasteiger partial charge in [0.1, 0.15) is 22.4 Å². The van der Waals surface area contributed by atoms with Crippen molar-refractivity contribution < 1.29 is 19.2 Å². The normalized spacial score (nSPS) is 16.9. The first kappa shape index (κ1) is 22.0. The second-order valence-corrected chi connectivity index (χ2v) is 7.61. The zero-order chi connectivity index (χ0) is 22.4. The minimum Gasteiger partial charge on any atom is -0.494 e. The minimum absolute atomic E-state index is 0.0822. The number of nitrogens with zero attached hydrogens (tertiary/aromatic N) is 3. The van der Waals surface area contributed by atoms with Gasteiger partial charge in [-0.15, -0.1) is 6.58 Å². The second-order valence-electron chi connectivity index (χ2n) is 6.44. The van der Waals surface area contributed by atoms with Gasteiger partial charge in [0.15, 0.2) is 5.17 Å². The van der Waals surface area contributed by atoms with Crippen LogP contribution in [0.5, 0.6) is 5.75 Å². The molecule has 10 heteroatoms. The first-order valence-corrected chi connectivity index (χ1v) is 10.2. The van der Waals surface area contributed by atoms with Crippen LogP contribution >= 0.6 is 11.8 Å². The fourth-order valence-corrected chi connectivity index (χ4v) is 4.12. The monoisotopic (exact) mass is 440 g/mol. The molecule has 1 saturated heterocycles. The summed E-state index contributed by atoms with van der Waals surface area (Å²) < 4.78 is 5.31. The number of nitrogens with one attached hydrogen (secondary N) is 1. The summed E-state index contributed by atoms with van der Waals surface area (Å²) in [6.07, 6.45) is 1.42. The largest absolute Gasteiger partial charge is 0.494 e. The first-order chi connectivity index (χ1) is 14.9. The van der Waals surface area contributed by atoms with Crippen LogP contribution in [-0.4, -0.2) is 45.7 Å². The summed E-state index contributed by atoms with van der Waals surface area (Å²) in [6.45, 7) is 3.91. The summed E-state index contributed by atoms with van der Waals surface area (Å²) in [4.78, 5) is 42.0. The fraction of sp³-hybridized carbons (Fsp3) is 0.190. The third kappa shape index (κ3) is 5.10. The molecule has 0 bridgehead atoms. The summed E-state index contributed by atoms with van der Waals surface area (Å²) in [5.74, 6) is -0.229. The van der Waals surface area contributed by atoms with Gasteiger partial charge in [-0.1, -0.05) is 42.1 Å². The molecule has 1 aliphatic rings. The highest BCUT2D eigenvalue weighted by atomic mass is 32.2. The molecule has 31 heavy (non-hydrogen) atoms. The number of anilines is 1. The number of ether oxygens (including phenoxy) is 1. The molecular weight excluding hydrogens is 420 g/mol. The highest BCUT2D eigenvalue weighted by molar-refractivity contribution is 8.15. The number of nitro benzene ring substituents is 1. The number of nitro groups is 1. The molecule has 2 aromatic rings. The van der Waals surface area contributed by atoms with Crippen molar-refractivity contribution >= 4 is 45.8 Å². The van der Waals surface area contributed by atoms with Crippen molar-refractivity contribution in [2.24, 2.45) is 4.99 Å². The summed E-state index contributed by atoms with van der Waals surface area (Å²) >= 11 is 1.16. The zero-order valence-electron chi connectivity index (χ0n) is 16.7. The molecule has 0 saturated carbocycles. The molecular formula is C21H20N4O5S. The van der Waals surface area contributed by atoms with Gasteiger partial charge in [0.25, 0.3) is 5.69 Å². The van der Waals surface area contributed by atoms with Crippen LogP contribution in [0.4, 0.5) is 17.1 Å². The van der Waals surface area contributed by atoms with Gasteiger partial charge in [-0.25, -0.2) is 4.99 Å². The Morgan fingerprint density at radius 2 is 2.03 bits per heavy atom. The topological polar surface area (TPSA) is 114 Å². The number of amides is 2. The summed E-state index contributed by atoms with van der Waals surface area (Å²) in [6, 6.07) is 13.0. The molecule has 0 radical (unpaired) electrons. The predicted octanol–water partition coefficient (Wildman–Crippen LogP) is 3.75. The lowest BCUT2D eigenvalue weighted by Crippen LogP contribution is -2.33. The molecule has 1 atom stereocenters. The quantitative estimate of drug-likeness (QED) is 0.380. The van der Waals surface area contributed by atoms with Crippen LogP contribution in [0.25, 0.3) is 0 Å². The van der Waals surface area contributed by atoms with E-state index in [-0.39, 0.29) is 30.2 Å². The number of rotatable bonds is 8. The van der Waals surface area contributed by atoms with E-state index in [0.29, 0.717) is 16.6 Å². The molecule has 1 aliphatic heterocycles. The van der Waals surface area contributed by atoms with E-state index in [1.54, 1.807) is 30.3 Å². The van der Waals surface area contributed by atoms with Crippen molar-refractivity contribution in [3.63, 3.8) is 0 Å². The number of benzene rings is 2. The van der Waals surface area contributed by atoms with Gasteiger partial charge in [0, 0.05) is 19.0 Å². The van der Waals surface area contributed by atoms with E-state index in [1.807, 2.05) is 6.07 Å². The van der Waals surface area contributed by atoms with Crippen LogP contribution in [0.1, 0.15) is 6.42 Å². The summed E-state index contributed by atoms with van der Waals surface area (Å²) in [5.41, 5.74) is 0.422. The van der Waals surface area contributed by atoms with E-state index >= 15 is 0 Å². The highest BCUT2D eigenvalue weighted by Crippen LogP contribution is 2.35. The minimum atomic E-state index is -0.712. The Balaban J connectivity index is 1.79. The van der Waals surface area contributed by atoms with Gasteiger partial charge in [0.2, 0.25) is 11.8 Å². The Labute approximate surface area is 182 Å². The van der Waals surface area contributed by atoms with Gasteiger partial charge >= 0.3 is 0 Å². The van der Waals surface area contributed by atoms with Crippen molar-refractivity contribution in [1.82, 2.24) is 4.90 Å². The van der Waals surface area contributed by atoms with Crippen LogP contribution in [0, 0.1) is 10.1 Å². The Morgan fingerprint density at radius 3 is 2.74 bits per heavy atom. The maximum absolute atomic E-state index is 12.9. The molecule has 160 valence electrons. The van der Waals surface area contributed by atoms with E-state index < -0.39 is 16.1 Å². The Bertz CT molecular complexity index is 1060. The number of methoxy groups -OCH3 is 1. The number of hydrogen-bond acceptors (Lipinski definition) is 7. The van der Waals surface area contributed by atoms with Gasteiger partial charge in [-0.3, -0.25) is 24.6 Å². The number of amidine groups is 1. The van der Waals surface area contributed by atoms with Gasteiger partial charge in [0.05, 0.1) is 12.0 Å². The fourth-order valence-electron chi connectivity index (χ4n) is 2.96. The maximum Gasteiger partial charge on any atom is 0.292 e. The molecule has 2 amide bonds. The highest BCUT2D eigenvalue weighted by Gasteiger charge is 2.39. The summed E-state index contributed by atoms with van der Waals surface area (Å²) in [5, 5.41) is 13.4. The molecule has 1 heterocycles. The molecule has 0 aromatic heterocycles. The Hall–Kier alpha value is -3.66. The molecule has 2 aromatic carbocycles. The van der Waals surface area contributed by atoms with E-state index in [9.17, 15) is 19.7 Å². The number of thioether (sulfide) groups is 1. The molecule has 9 nitrogen and oxygen atoms in total. The third-order valence-electron chi connectivity index (χ3n) is 4.38. The number of carbonyl (C=O) groups is 2. The maximum atomic E-state index is 12.9. The average Bonchev–Trinajstić information content (AvgIpc) is 3.03. The smallest absolute Gasteiger partial charge is 0.292 e. The van der Waals surface area contributed by atoms with Gasteiger partial charge in [-0.2, -0.15) is 0 Å². The van der Waals surface area contributed by atoms with Crippen molar-refractivity contribution in [1.29, 1.82) is 0 Å². The van der Waals surface area contributed by atoms with Crippen molar-refractivity contribution in [2.75, 3.05) is 19.0 Å². The lowest BCUT2D eigenvalue weighted by atomic mass is 10.2. The number of carbonyl (C=O) groups excluding carboxylic acids is 2. The first-order valence-electron chi connectivity index (χ1n) is 9.28. The average molecular weight is 440 g/mol. The summed E-state index contributed by atoms with van der Waals surface area (Å²) in [7, 11) is 1.53. The van der Waals surface area contributed by atoms with Crippen molar-refractivity contribution in [2.45, 2.75) is 11.7 Å². The van der Waals surface area contributed by atoms with Crippen LogP contribution in [-0.2, 0) is 9.59 Å². The van der Waals surface area contributed by atoms with E-state index in [2.05, 4.69) is 16.9 Å². The van der Waals surface area contributed by atoms with Crippen LogP contribution in [0.3, 0.4) is 0 Å². The number of para-hydroxylation sites is 4. The molecule has 1 unspecified atom stereocenters. The van der Waals surface area contributed by atoms with Crippen LogP contribution < -0.4 is 10.1 Å². The van der Waals surface area contributed by atoms with Crippen molar-refractivity contribution in [3.05, 3.63) is 71.3 Å². The molecule has 1 N–H and O–H groups in total. The lowest BCUT2D eigenvalue weighted by molar-refractivity contribution is -0.383. The molecule has 3 rings (SSSR count). The van der Waals surface area contributed by atoms with Crippen LogP contribution in [0.15, 0.2) is 66.2 Å². The van der Waals surface area contributed by atoms with E-state index in [0.717, 1.165) is 11.8 Å². The van der Waals surface area contributed by atoms with Crippen molar-refractivity contribution in [3.8, 4) is 5.75 Å². The Morgan fingerprint density at radius 1 is 1.32 bits per heavy atom. The predicted molar refractivity (Wildman–Crippen MR) is 120 cm³/mol. The van der Waals surface area contributed by atoms with E-state index in [4.69, 9.17) is 4.74 Å². The lowest BCUT2D eigenvalue weighted by Gasteiger charge is -2.14. The van der Waals surface area contributed by atoms with Gasteiger partial charge in [-0.05, 0) is 18.2 Å². The second kappa shape index (κ2) is 9.90. The number of aliphatic imine (C=N–C) groups is 1. The SMILES string of the molecule is C=CCN1C(=O)C(CC(=O)Nc2ccccc2[N+](=O)[O-])SC1=Nc1ccccc1OC. The Kier molecular flexibility index (Phi) is 7.03. The molecule has 1 fully saturated rings. The standard InChI is InChI=1S/C21H20N4O5S/c1-3-12-24-20(27)18(31-21(24)23-15-9-5-7-11-17(15)30-2)13-19(26)22-14-8-4-6-10-16(14)25(28)29/h3-11,18H,1,12-13H2,2H3,(H,22,26). The molecule has 0 aliphatic carbocycles. The van der Waals surface area contributed by atoms with Crippen LogP contribution in [0.2, 0.25) is 0 Å². The van der Waals surface area contributed by atoms with E-state index in [1.165, 1.54) is 30.2 Å².